The van der Waals surface area contributed by atoms with Crippen LogP contribution in [0.4, 0.5) is 5.69 Å². The molecule has 0 aliphatic rings. The largest absolute Gasteiger partial charge is 0.145 e. The molecule has 1 rings (SSSR count). The smallest absolute Gasteiger partial charge is 0.111 e. The summed E-state index contributed by atoms with van der Waals surface area (Å²) in [5.41, 5.74) is 1.40. The second kappa shape index (κ2) is 3.11. The van der Waals surface area contributed by atoms with Gasteiger partial charge in [-0.25, -0.2) is 0 Å². The number of nitrogens with zero attached hydrogens (tertiary/aromatic N) is 1. The summed E-state index contributed by atoms with van der Waals surface area (Å²) < 4.78 is 0. The lowest BCUT2D eigenvalue weighted by molar-refractivity contribution is 1.25. The fourth-order valence-electron chi connectivity index (χ4n) is 0.811. The molecule has 1 aromatic carbocycles. The van der Waals surface area contributed by atoms with Crippen LogP contribution in [0.5, 0.6) is 0 Å². The average molecular weight is 134 g/mol. The first-order valence-electron chi connectivity index (χ1n) is 3.09. The van der Waals surface area contributed by atoms with Gasteiger partial charge in [-0.2, -0.15) is 0 Å². The van der Waals surface area contributed by atoms with Crippen molar-refractivity contribution >= 4 is 5.69 Å². The van der Waals surface area contributed by atoms with Gasteiger partial charge in [0.15, 0.2) is 0 Å². The predicted octanol–water partition coefficient (Wildman–Crippen LogP) is 2.46. The standard InChI is InChI=1S/C8H8NO/c1-2-7-5-3-4-6-8(7)9-10/h3-6H,1-2H2. The molecular formula is C8H8NO. The van der Waals surface area contributed by atoms with Crippen molar-refractivity contribution < 1.29 is 0 Å². The van der Waals surface area contributed by atoms with Gasteiger partial charge in [-0.1, -0.05) is 18.2 Å². The lowest BCUT2D eigenvalue weighted by atomic mass is 10.1. The van der Waals surface area contributed by atoms with Crippen LogP contribution in [-0.2, 0) is 6.42 Å². The third-order valence-electron chi connectivity index (χ3n) is 1.36. The van der Waals surface area contributed by atoms with E-state index in [-0.39, 0.29) is 0 Å². The van der Waals surface area contributed by atoms with Gasteiger partial charge in [-0.15, -0.1) is 4.91 Å². The van der Waals surface area contributed by atoms with E-state index in [2.05, 4.69) is 12.1 Å². The molecule has 0 spiro atoms. The lowest BCUT2D eigenvalue weighted by Crippen LogP contribution is -1.78. The molecule has 2 heteroatoms. The van der Waals surface area contributed by atoms with Gasteiger partial charge in [-0.05, 0) is 30.2 Å². The van der Waals surface area contributed by atoms with E-state index in [0.29, 0.717) is 12.1 Å². The lowest BCUT2D eigenvalue weighted by Gasteiger charge is -1.95. The zero-order valence-corrected chi connectivity index (χ0v) is 5.58. The average Bonchev–Trinajstić information content (AvgIpc) is 2.04. The van der Waals surface area contributed by atoms with Gasteiger partial charge >= 0.3 is 0 Å². The van der Waals surface area contributed by atoms with Crippen LogP contribution in [0.2, 0.25) is 0 Å². The van der Waals surface area contributed by atoms with E-state index in [1.807, 2.05) is 12.1 Å². The molecule has 1 aromatic rings. The van der Waals surface area contributed by atoms with Crippen LogP contribution in [0.15, 0.2) is 29.4 Å². The fraction of sp³-hybridized carbons (Fsp3) is 0.125. The first-order chi connectivity index (χ1) is 4.88. The van der Waals surface area contributed by atoms with Crippen molar-refractivity contribution in [1.82, 2.24) is 0 Å². The first kappa shape index (κ1) is 6.93. The number of benzene rings is 1. The monoisotopic (exact) mass is 134 g/mol. The van der Waals surface area contributed by atoms with Gasteiger partial charge in [0.25, 0.3) is 0 Å². The van der Waals surface area contributed by atoms with E-state index in [9.17, 15) is 4.91 Å². The molecule has 2 nitrogen and oxygen atoms in total. The Morgan fingerprint density at radius 1 is 1.40 bits per heavy atom. The molecule has 0 amide bonds. The van der Waals surface area contributed by atoms with Gasteiger partial charge in [0, 0.05) is 0 Å². The molecule has 0 saturated carbocycles. The van der Waals surface area contributed by atoms with E-state index in [0.717, 1.165) is 5.56 Å². The SMILES string of the molecule is [CH2]Cc1ccccc1N=O. The quantitative estimate of drug-likeness (QED) is 0.571. The van der Waals surface area contributed by atoms with Crippen LogP contribution in [0.3, 0.4) is 0 Å². The van der Waals surface area contributed by atoms with Crippen LogP contribution >= 0.6 is 0 Å². The number of rotatable bonds is 2. The Morgan fingerprint density at radius 3 is 2.60 bits per heavy atom. The van der Waals surface area contributed by atoms with Crippen molar-refractivity contribution in [3.8, 4) is 0 Å². The highest BCUT2D eigenvalue weighted by atomic mass is 16.3. The molecule has 0 N–H and O–H groups in total. The minimum Gasteiger partial charge on any atom is -0.145 e. The van der Waals surface area contributed by atoms with Gasteiger partial charge in [0.2, 0.25) is 0 Å². The normalized spacial score (nSPS) is 9.30. The van der Waals surface area contributed by atoms with Crippen molar-refractivity contribution in [2.45, 2.75) is 6.42 Å². The van der Waals surface area contributed by atoms with Gasteiger partial charge in [-0.3, -0.25) is 0 Å². The molecule has 0 fully saturated rings. The van der Waals surface area contributed by atoms with E-state index in [1.165, 1.54) is 0 Å². The predicted molar refractivity (Wildman–Crippen MR) is 41.0 cm³/mol. The maximum atomic E-state index is 10.1. The van der Waals surface area contributed by atoms with Crippen molar-refractivity contribution in [1.29, 1.82) is 0 Å². The molecule has 0 heterocycles. The van der Waals surface area contributed by atoms with E-state index in [4.69, 9.17) is 0 Å². The Bertz CT molecular complexity index is 232. The summed E-state index contributed by atoms with van der Waals surface area (Å²) in [5.74, 6) is 0. The van der Waals surface area contributed by atoms with Crippen LogP contribution in [0.25, 0.3) is 0 Å². The third-order valence-corrected chi connectivity index (χ3v) is 1.36. The highest BCUT2D eigenvalue weighted by Gasteiger charge is 1.96. The minimum atomic E-state index is 0.498. The molecule has 0 aliphatic heterocycles. The molecular weight excluding hydrogens is 126 g/mol. The van der Waals surface area contributed by atoms with Crippen LogP contribution in [-0.4, -0.2) is 0 Å². The van der Waals surface area contributed by atoms with Gasteiger partial charge in [0.1, 0.15) is 5.69 Å². The highest BCUT2D eigenvalue weighted by molar-refractivity contribution is 5.45. The molecule has 10 heavy (non-hydrogen) atoms. The van der Waals surface area contributed by atoms with Gasteiger partial charge in [0.05, 0.1) is 0 Å². The van der Waals surface area contributed by atoms with E-state index >= 15 is 0 Å². The summed E-state index contributed by atoms with van der Waals surface area (Å²) in [6.07, 6.45) is 0.613. The molecule has 0 atom stereocenters. The van der Waals surface area contributed by atoms with Crippen molar-refractivity contribution in [2.75, 3.05) is 0 Å². The summed E-state index contributed by atoms with van der Waals surface area (Å²) in [6, 6.07) is 7.20. The highest BCUT2D eigenvalue weighted by Crippen LogP contribution is 2.17. The molecule has 51 valence electrons. The summed E-state index contributed by atoms with van der Waals surface area (Å²) in [7, 11) is 0. The zero-order valence-electron chi connectivity index (χ0n) is 5.58. The molecule has 0 aromatic heterocycles. The molecule has 0 bridgehead atoms. The maximum absolute atomic E-state index is 10.1. The molecule has 0 aliphatic carbocycles. The second-order valence-corrected chi connectivity index (χ2v) is 1.97. The Labute approximate surface area is 59.9 Å². The number of nitroso groups, excluding NO2 is 1. The minimum absolute atomic E-state index is 0.498. The zero-order chi connectivity index (χ0) is 7.40. The number of hydrogen-bond donors (Lipinski definition) is 0. The second-order valence-electron chi connectivity index (χ2n) is 1.97. The molecule has 1 radical (unpaired) electrons. The summed E-state index contributed by atoms with van der Waals surface area (Å²) in [6.45, 7) is 3.67. The Balaban J connectivity index is 3.08. The summed E-state index contributed by atoms with van der Waals surface area (Å²) in [5, 5.41) is 2.85. The van der Waals surface area contributed by atoms with Crippen LogP contribution < -0.4 is 0 Å². The van der Waals surface area contributed by atoms with Crippen LogP contribution in [0.1, 0.15) is 5.56 Å². The maximum Gasteiger partial charge on any atom is 0.111 e. The van der Waals surface area contributed by atoms with Crippen LogP contribution in [0, 0.1) is 11.8 Å². The molecule has 0 saturated heterocycles. The van der Waals surface area contributed by atoms with Gasteiger partial charge < -0.3 is 0 Å². The fourth-order valence-corrected chi connectivity index (χ4v) is 0.811. The van der Waals surface area contributed by atoms with Crippen molar-refractivity contribution in [3.05, 3.63) is 41.7 Å². The van der Waals surface area contributed by atoms with Crippen molar-refractivity contribution in [3.63, 3.8) is 0 Å². The Kier molecular flexibility index (Phi) is 2.15. The number of hydrogen-bond acceptors (Lipinski definition) is 2. The Morgan fingerprint density at radius 2 is 2.10 bits per heavy atom. The van der Waals surface area contributed by atoms with Crippen molar-refractivity contribution in [2.24, 2.45) is 5.18 Å². The summed E-state index contributed by atoms with van der Waals surface area (Å²) >= 11 is 0. The summed E-state index contributed by atoms with van der Waals surface area (Å²) in [4.78, 5) is 10.1. The van der Waals surface area contributed by atoms with E-state index in [1.54, 1.807) is 12.1 Å². The topological polar surface area (TPSA) is 29.4 Å². The molecule has 0 unspecified atom stereocenters. The Hall–Kier alpha value is -1.18. The first-order valence-corrected chi connectivity index (χ1v) is 3.09. The van der Waals surface area contributed by atoms with E-state index < -0.39 is 0 Å². The third kappa shape index (κ3) is 1.21.